The van der Waals surface area contributed by atoms with Crippen LogP contribution in [0.25, 0.3) is 11.1 Å². The summed E-state index contributed by atoms with van der Waals surface area (Å²) in [7, 11) is 0. The number of hydrogen-bond acceptors (Lipinski definition) is 8. The van der Waals surface area contributed by atoms with Gasteiger partial charge in [0.2, 0.25) is 0 Å². The van der Waals surface area contributed by atoms with Crippen LogP contribution in [0.4, 0.5) is 11.6 Å². The normalized spacial score (nSPS) is 18.8. The number of aromatic nitrogens is 4. The number of pyridine rings is 4. The lowest BCUT2D eigenvalue weighted by atomic mass is 9.88. The lowest BCUT2D eigenvalue weighted by Crippen LogP contribution is -2.24. The molecular formula is C50H48N8O2. The Bertz CT molecular complexity index is 2700. The number of hydrogen-bond donors (Lipinski definition) is 4. The average molecular weight is 793 g/mol. The first-order valence-electron chi connectivity index (χ1n) is 20.6. The van der Waals surface area contributed by atoms with Crippen LogP contribution < -0.4 is 22.1 Å². The minimum atomic E-state index is -0.0698. The molecule has 6 aromatic rings. The van der Waals surface area contributed by atoms with Crippen LogP contribution in [-0.4, -0.2) is 31.8 Å². The predicted molar refractivity (Wildman–Crippen MR) is 236 cm³/mol. The van der Waals surface area contributed by atoms with E-state index in [9.17, 15) is 9.59 Å². The number of benzene rings is 2. The highest BCUT2D eigenvalue weighted by atomic mass is 16.2. The second-order valence-electron chi connectivity index (χ2n) is 16.4. The van der Waals surface area contributed by atoms with Gasteiger partial charge in [-0.2, -0.15) is 0 Å². The van der Waals surface area contributed by atoms with Gasteiger partial charge in [0.1, 0.15) is 11.6 Å². The van der Waals surface area contributed by atoms with Crippen LogP contribution in [0.15, 0.2) is 109 Å². The smallest absolute Gasteiger partial charge is 0.251 e. The Morgan fingerprint density at radius 1 is 0.583 bits per heavy atom. The third kappa shape index (κ3) is 7.23. The van der Waals surface area contributed by atoms with Crippen molar-refractivity contribution in [3.8, 4) is 0 Å². The number of nitrogen functional groups attached to an aromatic ring is 2. The van der Waals surface area contributed by atoms with Crippen molar-refractivity contribution < 1.29 is 9.59 Å². The number of carbonyl (C=O) groups is 2. The van der Waals surface area contributed by atoms with E-state index in [0.717, 1.165) is 57.9 Å². The lowest BCUT2D eigenvalue weighted by molar-refractivity contribution is 0.0942. The third-order valence-electron chi connectivity index (χ3n) is 12.7. The van der Waals surface area contributed by atoms with Crippen LogP contribution in [0.2, 0.25) is 0 Å². The summed E-state index contributed by atoms with van der Waals surface area (Å²) in [6.45, 7) is 8.70. The number of rotatable bonds is 8. The van der Waals surface area contributed by atoms with Gasteiger partial charge < -0.3 is 22.1 Å². The summed E-state index contributed by atoms with van der Waals surface area (Å²) >= 11 is 0. The topological polar surface area (TPSA) is 162 Å². The molecule has 4 heterocycles. The Kier molecular flexibility index (Phi) is 10.1. The fraction of sp³-hybridized carbons (Fsp3) is 0.240. The second kappa shape index (κ2) is 15.7. The number of nitrogens with one attached hydrogen (secondary N) is 2. The summed E-state index contributed by atoms with van der Waals surface area (Å²) in [6.07, 6.45) is 10.5. The van der Waals surface area contributed by atoms with Crippen LogP contribution >= 0.6 is 0 Å². The van der Waals surface area contributed by atoms with Gasteiger partial charge in [0.05, 0.1) is 11.4 Å². The van der Waals surface area contributed by atoms with Crippen molar-refractivity contribution in [1.29, 1.82) is 0 Å². The van der Waals surface area contributed by atoms with Crippen LogP contribution in [0.5, 0.6) is 0 Å². The molecule has 10 rings (SSSR count). The van der Waals surface area contributed by atoms with E-state index in [1.807, 2.05) is 88.6 Å². The first kappa shape index (κ1) is 38.6. The molecule has 0 spiro atoms. The van der Waals surface area contributed by atoms with Gasteiger partial charge in [0, 0.05) is 71.7 Å². The number of amides is 2. The Balaban J connectivity index is 0.000000154. The van der Waals surface area contributed by atoms with Gasteiger partial charge in [-0.1, -0.05) is 36.4 Å². The molecular weight excluding hydrogens is 745 g/mol. The Morgan fingerprint density at radius 2 is 1.05 bits per heavy atom. The van der Waals surface area contributed by atoms with Gasteiger partial charge >= 0.3 is 0 Å². The van der Waals surface area contributed by atoms with Gasteiger partial charge in [-0.25, -0.2) is 9.97 Å². The van der Waals surface area contributed by atoms with E-state index in [4.69, 9.17) is 11.5 Å². The zero-order chi connectivity index (χ0) is 41.7. The van der Waals surface area contributed by atoms with Crippen molar-refractivity contribution in [3.63, 3.8) is 0 Å². The van der Waals surface area contributed by atoms with E-state index >= 15 is 0 Å². The van der Waals surface area contributed by atoms with Gasteiger partial charge in [0.15, 0.2) is 0 Å². The van der Waals surface area contributed by atoms with E-state index in [0.29, 0.717) is 59.5 Å². The molecule has 4 atom stereocenters. The molecule has 4 aliphatic rings. The average Bonchev–Trinajstić information content (AvgIpc) is 4.04. The quantitative estimate of drug-likeness (QED) is 0.119. The highest BCUT2D eigenvalue weighted by molar-refractivity contribution is 5.96. The zero-order valence-electron chi connectivity index (χ0n) is 34.3. The number of aryl methyl sites for hydroxylation is 4. The standard InChI is InChI=1S/2C25H24N4O/c1-14-9-24(26)29-15(2)22(14)13-28-25(30)16-6-7-18-19(10-16)17-11-20(18)21(12-17)23-5-3-4-8-27-23;1-14-9-24(26)29-15(2)22(14)13-28-25(30)16-6-7-18-17-11-20(19(18)10-16)21(12-17)23-5-3-4-8-27-23/h2*3-10,12,17,20H,11,13H2,1-2H3,(H2,26,29)(H,28,30). The summed E-state index contributed by atoms with van der Waals surface area (Å²) in [4.78, 5) is 43.4. The molecule has 0 saturated heterocycles. The van der Waals surface area contributed by atoms with Crippen LogP contribution in [0, 0.1) is 27.7 Å². The summed E-state index contributed by atoms with van der Waals surface area (Å²) in [5, 5.41) is 6.09. The van der Waals surface area contributed by atoms with E-state index in [-0.39, 0.29) is 11.8 Å². The van der Waals surface area contributed by atoms with Crippen molar-refractivity contribution in [2.45, 2.75) is 77.3 Å². The molecule has 0 fully saturated rings. The largest absolute Gasteiger partial charge is 0.384 e. The molecule has 2 amide bonds. The van der Waals surface area contributed by atoms with E-state index in [1.165, 1.54) is 33.4 Å². The zero-order valence-corrected chi connectivity index (χ0v) is 34.3. The van der Waals surface area contributed by atoms with Crippen LogP contribution in [0.1, 0.15) is 125 Å². The van der Waals surface area contributed by atoms with E-state index in [2.05, 4.69) is 79.1 Å². The number of anilines is 2. The molecule has 10 nitrogen and oxygen atoms in total. The highest BCUT2D eigenvalue weighted by Gasteiger charge is 2.40. The predicted octanol–water partition coefficient (Wildman–Crippen LogP) is 8.55. The van der Waals surface area contributed by atoms with Gasteiger partial charge in [-0.05, 0) is 157 Å². The van der Waals surface area contributed by atoms with Crippen molar-refractivity contribution in [1.82, 2.24) is 30.6 Å². The molecule has 4 bridgehead atoms. The first-order chi connectivity index (χ1) is 29.0. The molecule has 0 radical (unpaired) electrons. The highest BCUT2D eigenvalue weighted by Crippen LogP contribution is 2.56. The Morgan fingerprint density at radius 3 is 1.53 bits per heavy atom. The molecule has 6 N–H and O–H groups in total. The number of fused-ring (bicyclic) bond motifs is 10. The molecule has 0 aliphatic heterocycles. The first-order valence-corrected chi connectivity index (χ1v) is 20.6. The Labute approximate surface area is 350 Å². The maximum atomic E-state index is 12.9. The fourth-order valence-corrected chi connectivity index (χ4v) is 9.74. The number of carbonyl (C=O) groups excluding carboxylic acids is 2. The summed E-state index contributed by atoms with van der Waals surface area (Å²) in [5.74, 6) is 2.36. The van der Waals surface area contributed by atoms with Gasteiger partial charge in [-0.15, -0.1) is 0 Å². The molecule has 300 valence electrons. The van der Waals surface area contributed by atoms with Gasteiger partial charge in [-0.3, -0.25) is 19.6 Å². The summed E-state index contributed by atoms with van der Waals surface area (Å²) in [6, 6.07) is 28.0. The maximum Gasteiger partial charge on any atom is 0.251 e. The lowest BCUT2D eigenvalue weighted by Gasteiger charge is -2.18. The maximum absolute atomic E-state index is 12.9. The van der Waals surface area contributed by atoms with Gasteiger partial charge in [0.25, 0.3) is 11.8 Å². The van der Waals surface area contributed by atoms with E-state index < -0.39 is 0 Å². The number of nitrogens with two attached hydrogens (primary N) is 2. The molecule has 10 heteroatoms. The van der Waals surface area contributed by atoms with Crippen molar-refractivity contribution >= 4 is 34.6 Å². The van der Waals surface area contributed by atoms with Crippen LogP contribution in [0.3, 0.4) is 0 Å². The SMILES string of the molecule is Cc1cc(N)nc(C)c1CNC(=O)c1ccc2c(c1)C1C=C(c3ccccn3)C2C1.Cc1cc(N)nc(C)c1CNC(=O)c1ccc2c(c1)C1CC2C=C1c1ccccn1. The van der Waals surface area contributed by atoms with Crippen molar-refractivity contribution in [3.05, 3.63) is 188 Å². The van der Waals surface area contributed by atoms with Crippen molar-refractivity contribution in [2.24, 2.45) is 0 Å². The molecule has 60 heavy (non-hydrogen) atoms. The molecule has 0 saturated carbocycles. The third-order valence-corrected chi connectivity index (χ3v) is 12.7. The minimum Gasteiger partial charge on any atom is -0.384 e. The number of nitrogens with zero attached hydrogens (tertiary/aromatic N) is 4. The number of allylic oxidation sites excluding steroid dienone is 4. The molecule has 4 aliphatic carbocycles. The molecule has 2 aromatic carbocycles. The molecule has 4 unspecified atom stereocenters. The van der Waals surface area contributed by atoms with Crippen LogP contribution in [-0.2, 0) is 13.1 Å². The van der Waals surface area contributed by atoms with Crippen molar-refractivity contribution in [2.75, 3.05) is 11.5 Å². The fourth-order valence-electron chi connectivity index (χ4n) is 9.74. The Hall–Kier alpha value is -6.94. The minimum absolute atomic E-state index is 0.0647. The second-order valence-corrected chi connectivity index (χ2v) is 16.4. The monoisotopic (exact) mass is 792 g/mol. The summed E-state index contributed by atoms with van der Waals surface area (Å²) < 4.78 is 0. The van der Waals surface area contributed by atoms with E-state index in [1.54, 1.807) is 0 Å². The summed E-state index contributed by atoms with van der Waals surface area (Å²) in [5.41, 5.74) is 28.7. The molecule has 4 aromatic heterocycles.